The molecule has 1 aliphatic heterocycles. The summed E-state index contributed by atoms with van der Waals surface area (Å²) in [6.07, 6.45) is 4.14. The number of amides is 1. The molecular weight excluding hydrogens is 521 g/mol. The molecule has 2 heterocycles. The van der Waals surface area contributed by atoms with E-state index in [4.69, 9.17) is 4.74 Å². The summed E-state index contributed by atoms with van der Waals surface area (Å²) in [5, 5.41) is 22.3. The zero-order valence-electron chi connectivity index (χ0n) is 24.2. The Bertz CT molecular complexity index is 1400. The Kier molecular flexibility index (Phi) is 9.79. The summed E-state index contributed by atoms with van der Waals surface area (Å²) >= 11 is 0. The molecule has 0 radical (unpaired) electrons. The molecule has 2 N–H and O–H groups in total. The zero-order valence-corrected chi connectivity index (χ0v) is 24.2. The normalized spacial score (nSPS) is 14.7. The lowest BCUT2D eigenvalue weighted by atomic mass is 9.98. The van der Waals surface area contributed by atoms with E-state index < -0.39 is 0 Å². The number of carbonyl (C=O) groups is 1. The average molecular weight is 561 g/mol. The highest BCUT2D eigenvalue weighted by Gasteiger charge is 2.28. The zero-order chi connectivity index (χ0) is 29.5. The molecule has 1 aromatic heterocycles. The van der Waals surface area contributed by atoms with Gasteiger partial charge < -0.3 is 19.9 Å². The van der Waals surface area contributed by atoms with Gasteiger partial charge in [0, 0.05) is 67.2 Å². The first-order valence-electron chi connectivity index (χ1n) is 14.0. The van der Waals surface area contributed by atoms with Gasteiger partial charge in [-0.2, -0.15) is 5.26 Å². The lowest BCUT2D eigenvalue weighted by molar-refractivity contribution is -0.908. The minimum Gasteiger partial charge on any atom is -0.497 e. The number of aromatic nitrogens is 1. The van der Waals surface area contributed by atoms with Gasteiger partial charge in [-0.3, -0.25) is 10.0 Å². The van der Waals surface area contributed by atoms with Crippen molar-refractivity contribution in [2.45, 2.75) is 58.7 Å². The molecule has 216 valence electrons. The number of piperidine rings is 1. The van der Waals surface area contributed by atoms with Crippen molar-refractivity contribution >= 4 is 11.6 Å². The molecule has 1 unspecified atom stereocenters. The molecular formula is C32H39FN5O3+. The number of ether oxygens (including phenoxy) is 1. The minimum atomic E-state index is -0.315. The van der Waals surface area contributed by atoms with Crippen molar-refractivity contribution in [1.29, 1.82) is 5.26 Å². The monoisotopic (exact) mass is 560 g/mol. The molecule has 3 aromatic rings. The number of hydrogen-bond donors (Lipinski definition) is 2. The number of likely N-dealkylation sites (tertiary alicyclic amines) is 1. The third-order valence-electron chi connectivity index (χ3n) is 8.12. The van der Waals surface area contributed by atoms with Crippen LogP contribution < -0.4 is 19.7 Å². The Morgan fingerprint density at radius 1 is 1.22 bits per heavy atom. The number of rotatable bonds is 10. The van der Waals surface area contributed by atoms with E-state index in [1.807, 2.05) is 31.2 Å². The van der Waals surface area contributed by atoms with Gasteiger partial charge in [0.15, 0.2) is 0 Å². The van der Waals surface area contributed by atoms with Gasteiger partial charge in [0.25, 0.3) is 5.91 Å². The average Bonchev–Trinajstić information content (AvgIpc) is 2.99. The van der Waals surface area contributed by atoms with Crippen LogP contribution >= 0.6 is 0 Å². The summed E-state index contributed by atoms with van der Waals surface area (Å²) in [5.41, 5.74) is 3.76. The van der Waals surface area contributed by atoms with Gasteiger partial charge in [-0.05, 0) is 81.1 Å². The summed E-state index contributed by atoms with van der Waals surface area (Å²) in [6, 6.07) is 16.6. The van der Waals surface area contributed by atoms with Gasteiger partial charge in [0.1, 0.15) is 17.1 Å². The second-order valence-corrected chi connectivity index (χ2v) is 10.7. The van der Waals surface area contributed by atoms with Gasteiger partial charge in [-0.25, -0.2) is 4.39 Å². The first-order valence-corrected chi connectivity index (χ1v) is 14.0. The van der Waals surface area contributed by atoms with Gasteiger partial charge in [0.05, 0.1) is 18.7 Å². The third-order valence-corrected chi connectivity index (χ3v) is 8.12. The number of pyridine rings is 1. The first-order chi connectivity index (χ1) is 19.7. The highest BCUT2D eigenvalue weighted by Crippen LogP contribution is 2.29. The minimum absolute atomic E-state index is 0.183. The molecule has 1 amide bonds. The van der Waals surface area contributed by atoms with Crippen molar-refractivity contribution < 1.29 is 23.9 Å². The third kappa shape index (κ3) is 7.14. The van der Waals surface area contributed by atoms with Crippen LogP contribution in [0.25, 0.3) is 0 Å². The highest BCUT2D eigenvalue weighted by atomic mass is 19.1. The Morgan fingerprint density at radius 3 is 2.59 bits per heavy atom. The number of anilines is 1. The SMILES string of the molecule is COc1ccc(N(Cc2cc(C#N)ccc2F)C2CCN(C(C)CCNC(=O)c3c(C)cc[n+](O)c3C)CC2)cc1. The smallest absolute Gasteiger partial charge is 0.258 e. The number of nitrogens with zero attached hydrogens (tertiary/aromatic N) is 4. The molecule has 0 saturated carbocycles. The van der Waals surface area contributed by atoms with E-state index in [-0.39, 0.29) is 23.8 Å². The van der Waals surface area contributed by atoms with Crippen molar-refractivity contribution in [2.75, 3.05) is 31.6 Å². The van der Waals surface area contributed by atoms with Crippen LogP contribution in [-0.2, 0) is 6.54 Å². The van der Waals surface area contributed by atoms with Crippen LogP contribution in [-0.4, -0.2) is 54.8 Å². The van der Waals surface area contributed by atoms with E-state index in [1.165, 1.54) is 18.3 Å². The number of benzene rings is 2. The van der Waals surface area contributed by atoms with E-state index in [0.29, 0.717) is 35.5 Å². The molecule has 9 heteroatoms. The molecule has 0 aliphatic carbocycles. The number of nitrogens with one attached hydrogen (secondary N) is 1. The largest absolute Gasteiger partial charge is 0.497 e. The number of methoxy groups -OCH3 is 1. The first kappa shape index (κ1) is 29.8. The fourth-order valence-electron chi connectivity index (χ4n) is 5.58. The maximum absolute atomic E-state index is 14.8. The second kappa shape index (κ2) is 13.5. The van der Waals surface area contributed by atoms with Gasteiger partial charge in [-0.15, -0.1) is 0 Å². The van der Waals surface area contributed by atoms with Gasteiger partial charge in [-0.1, -0.05) is 0 Å². The topological polar surface area (TPSA) is 92.7 Å². The summed E-state index contributed by atoms with van der Waals surface area (Å²) < 4.78 is 21.1. The van der Waals surface area contributed by atoms with Crippen LogP contribution in [0.2, 0.25) is 0 Å². The summed E-state index contributed by atoms with van der Waals surface area (Å²) in [7, 11) is 1.63. The molecule has 4 rings (SSSR count). The van der Waals surface area contributed by atoms with Crippen molar-refractivity contribution in [3.05, 3.63) is 88.5 Å². The Morgan fingerprint density at radius 2 is 1.93 bits per heavy atom. The van der Waals surface area contributed by atoms with Crippen molar-refractivity contribution in [2.24, 2.45) is 0 Å². The van der Waals surface area contributed by atoms with Crippen LogP contribution in [0.4, 0.5) is 10.1 Å². The van der Waals surface area contributed by atoms with Crippen LogP contribution in [0, 0.1) is 31.0 Å². The quantitative estimate of drug-likeness (QED) is 0.280. The summed E-state index contributed by atoms with van der Waals surface area (Å²) in [5.74, 6) is 0.262. The van der Waals surface area contributed by atoms with Crippen LogP contribution in [0.3, 0.4) is 0 Å². The van der Waals surface area contributed by atoms with Crippen LogP contribution in [0.5, 0.6) is 5.75 Å². The Hall–Kier alpha value is -4.16. The molecule has 2 aromatic carbocycles. The molecule has 1 saturated heterocycles. The summed E-state index contributed by atoms with van der Waals surface area (Å²) in [6.45, 7) is 8.43. The van der Waals surface area contributed by atoms with E-state index in [9.17, 15) is 19.7 Å². The number of aryl methyl sites for hydroxylation is 1. The molecule has 1 atom stereocenters. The fraction of sp³-hybridized carbons (Fsp3) is 0.406. The highest BCUT2D eigenvalue weighted by molar-refractivity contribution is 5.96. The summed E-state index contributed by atoms with van der Waals surface area (Å²) in [4.78, 5) is 17.5. The lowest BCUT2D eigenvalue weighted by Gasteiger charge is -2.42. The fourth-order valence-corrected chi connectivity index (χ4v) is 5.58. The second-order valence-electron chi connectivity index (χ2n) is 10.7. The van der Waals surface area contributed by atoms with Crippen molar-refractivity contribution in [3.8, 4) is 11.8 Å². The van der Waals surface area contributed by atoms with E-state index >= 15 is 0 Å². The lowest BCUT2D eigenvalue weighted by Crippen LogP contribution is -2.48. The maximum atomic E-state index is 14.8. The van der Waals surface area contributed by atoms with Gasteiger partial charge >= 0.3 is 0 Å². The van der Waals surface area contributed by atoms with E-state index in [1.54, 1.807) is 26.2 Å². The predicted molar refractivity (Wildman–Crippen MR) is 155 cm³/mol. The molecule has 8 nitrogen and oxygen atoms in total. The Balaban J connectivity index is 1.38. The number of halogens is 1. The van der Waals surface area contributed by atoms with Crippen molar-refractivity contribution in [1.82, 2.24) is 10.2 Å². The number of nitriles is 1. The molecule has 41 heavy (non-hydrogen) atoms. The molecule has 0 spiro atoms. The van der Waals surface area contributed by atoms with Crippen molar-refractivity contribution in [3.63, 3.8) is 0 Å². The molecule has 0 bridgehead atoms. The standard InChI is InChI=1S/C32H38FN5O3/c1-22-12-18-38(40)24(3)31(22)32(39)35-15-11-23(2)36-16-13-28(14-17-36)37(27-6-8-29(41-4)9-7-27)21-26-19-25(20-34)5-10-30(26)33/h5-10,12,18-19,23,28H,11,13-17,21H2,1-4H3,(H-,35,39,40)/p+1. The molecule has 1 aliphatic rings. The predicted octanol–water partition coefficient (Wildman–Crippen LogP) is 4.53. The number of hydrogen-bond acceptors (Lipinski definition) is 6. The van der Waals surface area contributed by atoms with Crippen LogP contribution in [0.1, 0.15) is 58.9 Å². The molecule has 1 fully saturated rings. The Labute approximate surface area is 241 Å². The van der Waals surface area contributed by atoms with E-state index in [2.05, 4.69) is 28.1 Å². The number of carbonyl (C=O) groups excluding carboxylic acids is 1. The maximum Gasteiger partial charge on any atom is 0.258 e. The van der Waals surface area contributed by atoms with Gasteiger partial charge in [0.2, 0.25) is 11.9 Å². The van der Waals surface area contributed by atoms with Crippen LogP contribution in [0.15, 0.2) is 54.7 Å². The van der Waals surface area contributed by atoms with E-state index in [0.717, 1.165) is 54.1 Å².